The number of ether oxygens (including phenoxy) is 1. The first-order valence-corrected chi connectivity index (χ1v) is 9.38. The Morgan fingerprint density at radius 3 is 2.46 bits per heavy atom. The van der Waals surface area contributed by atoms with E-state index in [1.165, 1.54) is 18.1 Å². The highest BCUT2D eigenvalue weighted by Crippen LogP contribution is 2.16. The topological polar surface area (TPSA) is 52.1 Å². The molecule has 0 N–H and O–H groups in total. The van der Waals surface area contributed by atoms with Crippen molar-refractivity contribution in [1.29, 1.82) is 0 Å². The van der Waals surface area contributed by atoms with Crippen molar-refractivity contribution in [2.24, 2.45) is 5.92 Å². The third kappa shape index (κ3) is 6.43. The Balaban J connectivity index is 1.93. The number of aromatic nitrogens is 2. The largest absolute Gasteiger partial charge is 0.462 e. The summed E-state index contributed by atoms with van der Waals surface area (Å²) >= 11 is 0. The number of unbranched alkanes of at least 4 members (excludes halogenated alkanes) is 1. The highest BCUT2D eigenvalue weighted by molar-refractivity contribution is 5.87. The van der Waals surface area contributed by atoms with Gasteiger partial charge in [0.2, 0.25) is 0 Å². The van der Waals surface area contributed by atoms with Crippen molar-refractivity contribution in [3.8, 4) is 11.4 Å². The Morgan fingerprint density at radius 2 is 1.85 bits per heavy atom. The number of rotatable bonds is 9. The summed E-state index contributed by atoms with van der Waals surface area (Å²) in [7, 11) is 0. The Bertz CT molecular complexity index is 706. The van der Waals surface area contributed by atoms with E-state index < -0.39 is 0 Å². The van der Waals surface area contributed by atoms with Crippen LogP contribution in [0.2, 0.25) is 0 Å². The van der Waals surface area contributed by atoms with Crippen molar-refractivity contribution in [2.75, 3.05) is 6.61 Å². The highest BCUT2D eigenvalue weighted by atomic mass is 16.5. The van der Waals surface area contributed by atoms with Gasteiger partial charge in [0.05, 0.1) is 6.61 Å². The SMILES string of the molecule is CCCCc1cnc(-c2ccc(C=CC(=O)OC[C@H](C)CC)cc2)nc1. The van der Waals surface area contributed by atoms with Crippen molar-refractivity contribution in [3.05, 3.63) is 53.9 Å². The summed E-state index contributed by atoms with van der Waals surface area (Å²) in [4.78, 5) is 20.6. The summed E-state index contributed by atoms with van der Waals surface area (Å²) in [6.45, 7) is 6.79. The number of carbonyl (C=O) groups is 1. The lowest BCUT2D eigenvalue weighted by atomic mass is 10.1. The molecular formula is C22H28N2O2. The third-order valence-electron chi connectivity index (χ3n) is 4.31. The molecule has 2 aromatic rings. The molecule has 1 aromatic carbocycles. The van der Waals surface area contributed by atoms with Crippen LogP contribution in [-0.4, -0.2) is 22.5 Å². The molecule has 138 valence electrons. The van der Waals surface area contributed by atoms with Gasteiger partial charge in [0.25, 0.3) is 0 Å². The fraction of sp³-hybridized carbons (Fsp3) is 0.409. The zero-order valence-corrected chi connectivity index (χ0v) is 15.9. The zero-order chi connectivity index (χ0) is 18.8. The predicted octanol–water partition coefficient (Wildman–Crippen LogP) is 5.09. The van der Waals surface area contributed by atoms with Crippen LogP contribution in [0.15, 0.2) is 42.7 Å². The molecule has 4 nitrogen and oxygen atoms in total. The van der Waals surface area contributed by atoms with Gasteiger partial charge in [0.15, 0.2) is 5.82 Å². The molecule has 0 unspecified atom stereocenters. The summed E-state index contributed by atoms with van der Waals surface area (Å²) in [6.07, 6.45) is 11.4. The van der Waals surface area contributed by atoms with E-state index in [0.29, 0.717) is 18.3 Å². The van der Waals surface area contributed by atoms with Crippen LogP contribution in [0.5, 0.6) is 0 Å². The Morgan fingerprint density at radius 1 is 1.15 bits per heavy atom. The normalized spacial score (nSPS) is 12.3. The first kappa shape index (κ1) is 19.8. The second kappa shape index (κ2) is 10.5. The second-order valence-electron chi connectivity index (χ2n) is 6.62. The predicted molar refractivity (Wildman–Crippen MR) is 106 cm³/mol. The van der Waals surface area contributed by atoms with E-state index >= 15 is 0 Å². The maximum atomic E-state index is 11.7. The van der Waals surface area contributed by atoms with E-state index in [-0.39, 0.29) is 5.97 Å². The van der Waals surface area contributed by atoms with Gasteiger partial charge in [-0.2, -0.15) is 0 Å². The molecule has 2 rings (SSSR count). The molecule has 1 heterocycles. The van der Waals surface area contributed by atoms with Gasteiger partial charge >= 0.3 is 5.97 Å². The average molecular weight is 352 g/mol. The van der Waals surface area contributed by atoms with Crippen LogP contribution in [0, 0.1) is 5.92 Å². The van der Waals surface area contributed by atoms with Gasteiger partial charge in [-0.15, -0.1) is 0 Å². The summed E-state index contributed by atoms with van der Waals surface area (Å²) in [6, 6.07) is 7.82. The summed E-state index contributed by atoms with van der Waals surface area (Å²) < 4.78 is 5.20. The summed E-state index contributed by atoms with van der Waals surface area (Å²) in [5, 5.41) is 0. The molecule has 0 aliphatic rings. The highest BCUT2D eigenvalue weighted by Gasteiger charge is 2.04. The number of nitrogens with zero attached hydrogens (tertiary/aromatic N) is 2. The van der Waals surface area contributed by atoms with Crippen molar-refractivity contribution in [2.45, 2.75) is 46.5 Å². The molecule has 0 radical (unpaired) electrons. The molecule has 4 heteroatoms. The van der Waals surface area contributed by atoms with Crippen molar-refractivity contribution in [3.63, 3.8) is 0 Å². The van der Waals surface area contributed by atoms with Crippen molar-refractivity contribution < 1.29 is 9.53 Å². The number of hydrogen-bond acceptors (Lipinski definition) is 4. The number of carbonyl (C=O) groups excluding carboxylic acids is 1. The van der Waals surface area contributed by atoms with E-state index in [4.69, 9.17) is 4.74 Å². The zero-order valence-electron chi connectivity index (χ0n) is 15.9. The van der Waals surface area contributed by atoms with Crippen LogP contribution >= 0.6 is 0 Å². The molecule has 0 saturated heterocycles. The molecule has 0 saturated carbocycles. The van der Waals surface area contributed by atoms with Gasteiger partial charge in [0.1, 0.15) is 0 Å². The molecule has 1 aromatic heterocycles. The number of esters is 1. The van der Waals surface area contributed by atoms with E-state index in [0.717, 1.165) is 30.4 Å². The lowest BCUT2D eigenvalue weighted by Gasteiger charge is -2.07. The fourth-order valence-electron chi connectivity index (χ4n) is 2.31. The van der Waals surface area contributed by atoms with E-state index in [1.807, 2.05) is 36.7 Å². The monoisotopic (exact) mass is 352 g/mol. The van der Waals surface area contributed by atoms with Gasteiger partial charge in [0, 0.05) is 24.0 Å². The van der Waals surface area contributed by atoms with Crippen molar-refractivity contribution >= 4 is 12.0 Å². The van der Waals surface area contributed by atoms with Crippen molar-refractivity contribution in [1.82, 2.24) is 9.97 Å². The Labute approximate surface area is 156 Å². The minimum Gasteiger partial charge on any atom is -0.462 e. The molecule has 0 amide bonds. The minimum absolute atomic E-state index is 0.305. The van der Waals surface area contributed by atoms with E-state index in [9.17, 15) is 4.79 Å². The minimum atomic E-state index is -0.305. The lowest BCUT2D eigenvalue weighted by Crippen LogP contribution is -2.08. The van der Waals surface area contributed by atoms with Crippen LogP contribution in [0.4, 0.5) is 0 Å². The lowest BCUT2D eigenvalue weighted by molar-refractivity contribution is -0.138. The first-order chi connectivity index (χ1) is 12.6. The Kier molecular flexibility index (Phi) is 8.00. The van der Waals surface area contributed by atoms with Gasteiger partial charge < -0.3 is 4.74 Å². The van der Waals surface area contributed by atoms with Crippen LogP contribution in [0.25, 0.3) is 17.5 Å². The van der Waals surface area contributed by atoms with Crippen LogP contribution in [0.1, 0.15) is 51.2 Å². The summed E-state index contributed by atoms with van der Waals surface area (Å²) in [5.74, 6) is 0.800. The molecule has 0 aliphatic heterocycles. The average Bonchev–Trinajstić information content (AvgIpc) is 2.69. The van der Waals surface area contributed by atoms with Crippen LogP contribution in [0.3, 0.4) is 0 Å². The smallest absolute Gasteiger partial charge is 0.330 e. The first-order valence-electron chi connectivity index (χ1n) is 9.38. The van der Waals surface area contributed by atoms with Gasteiger partial charge in [-0.1, -0.05) is 57.9 Å². The molecular weight excluding hydrogens is 324 g/mol. The standard InChI is InChI=1S/C22H28N2O2/c1-4-6-7-19-14-23-22(24-15-19)20-11-8-18(9-12-20)10-13-21(25)26-16-17(3)5-2/h8-15,17H,4-7,16H2,1-3H3/t17-/m1/s1. The second-order valence-corrected chi connectivity index (χ2v) is 6.62. The Hall–Kier alpha value is -2.49. The molecule has 0 fully saturated rings. The molecule has 1 atom stereocenters. The number of aryl methyl sites for hydroxylation is 1. The van der Waals surface area contributed by atoms with E-state index in [1.54, 1.807) is 6.08 Å². The maximum absolute atomic E-state index is 11.7. The maximum Gasteiger partial charge on any atom is 0.330 e. The van der Waals surface area contributed by atoms with Crippen LogP contribution in [-0.2, 0) is 16.0 Å². The number of hydrogen-bond donors (Lipinski definition) is 0. The molecule has 0 aliphatic carbocycles. The van der Waals surface area contributed by atoms with Gasteiger partial charge in [-0.3, -0.25) is 0 Å². The quantitative estimate of drug-likeness (QED) is 0.466. The fourth-order valence-corrected chi connectivity index (χ4v) is 2.31. The van der Waals surface area contributed by atoms with Gasteiger partial charge in [-0.05, 0) is 36.0 Å². The van der Waals surface area contributed by atoms with Crippen LogP contribution < -0.4 is 0 Å². The molecule has 0 bridgehead atoms. The van der Waals surface area contributed by atoms with E-state index in [2.05, 4.69) is 30.7 Å². The molecule has 26 heavy (non-hydrogen) atoms. The third-order valence-corrected chi connectivity index (χ3v) is 4.31. The number of benzene rings is 1. The summed E-state index contributed by atoms with van der Waals surface area (Å²) in [5.41, 5.74) is 3.07. The van der Waals surface area contributed by atoms with Gasteiger partial charge in [-0.25, -0.2) is 14.8 Å². The molecule has 0 spiro atoms.